The van der Waals surface area contributed by atoms with E-state index in [1.807, 2.05) is 13.8 Å². The van der Waals surface area contributed by atoms with Crippen molar-refractivity contribution in [2.75, 3.05) is 6.54 Å². The molecule has 0 amide bonds. The van der Waals surface area contributed by atoms with Crippen molar-refractivity contribution in [1.29, 1.82) is 0 Å². The van der Waals surface area contributed by atoms with Gasteiger partial charge in [-0.15, -0.1) is 0 Å². The number of hydrogen-bond acceptors (Lipinski definition) is 3. The molecular formula is C13H18FNO3. The minimum Gasteiger partial charge on any atom is -0.480 e. The van der Waals surface area contributed by atoms with E-state index in [2.05, 4.69) is 5.32 Å². The van der Waals surface area contributed by atoms with Gasteiger partial charge in [0.25, 0.3) is 0 Å². The molecule has 5 heteroatoms. The van der Waals surface area contributed by atoms with Gasteiger partial charge in [-0.25, -0.2) is 4.39 Å². The van der Waals surface area contributed by atoms with Crippen LogP contribution in [0.4, 0.5) is 4.39 Å². The Balaban J connectivity index is 2.78. The summed E-state index contributed by atoms with van der Waals surface area (Å²) in [5.41, 5.74) is 0.563. The van der Waals surface area contributed by atoms with Crippen molar-refractivity contribution >= 4 is 5.97 Å². The van der Waals surface area contributed by atoms with Crippen LogP contribution in [0.2, 0.25) is 0 Å². The Kier molecular flexibility index (Phi) is 5.25. The van der Waals surface area contributed by atoms with Gasteiger partial charge in [0.05, 0.1) is 12.6 Å². The first-order valence-electron chi connectivity index (χ1n) is 5.80. The summed E-state index contributed by atoms with van der Waals surface area (Å²) in [4.78, 5) is 10.5. The molecule has 18 heavy (non-hydrogen) atoms. The highest BCUT2D eigenvalue weighted by atomic mass is 19.1. The molecule has 0 aromatic heterocycles. The summed E-state index contributed by atoms with van der Waals surface area (Å²) in [5.74, 6) is -1.30. The zero-order valence-corrected chi connectivity index (χ0v) is 10.4. The van der Waals surface area contributed by atoms with Gasteiger partial charge >= 0.3 is 5.97 Å². The zero-order valence-electron chi connectivity index (χ0n) is 10.4. The molecule has 0 saturated carbocycles. The second kappa shape index (κ2) is 6.47. The highest BCUT2D eigenvalue weighted by Gasteiger charge is 2.24. The maximum absolute atomic E-state index is 12.8. The van der Waals surface area contributed by atoms with Crippen LogP contribution in [0.1, 0.15) is 25.5 Å². The summed E-state index contributed by atoms with van der Waals surface area (Å²) >= 11 is 0. The van der Waals surface area contributed by atoms with Crippen LogP contribution >= 0.6 is 0 Å². The van der Waals surface area contributed by atoms with Crippen molar-refractivity contribution in [2.45, 2.75) is 26.0 Å². The Morgan fingerprint density at radius 3 is 2.33 bits per heavy atom. The molecule has 0 radical (unpaired) electrons. The van der Waals surface area contributed by atoms with Crippen LogP contribution in [0, 0.1) is 11.7 Å². The predicted octanol–water partition coefficient (Wildman–Crippen LogP) is 1.56. The van der Waals surface area contributed by atoms with E-state index in [9.17, 15) is 14.3 Å². The number of carboxylic acids is 1. The first kappa shape index (κ1) is 14.6. The molecule has 1 aromatic carbocycles. The molecule has 3 N–H and O–H groups in total. The second-order valence-corrected chi connectivity index (χ2v) is 4.54. The number of nitrogens with one attached hydrogen (secondary N) is 1. The fourth-order valence-electron chi connectivity index (χ4n) is 1.78. The summed E-state index contributed by atoms with van der Waals surface area (Å²) in [7, 11) is 0. The lowest BCUT2D eigenvalue weighted by atomic mass is 9.93. The maximum Gasteiger partial charge on any atom is 0.317 e. The van der Waals surface area contributed by atoms with Gasteiger partial charge in [0.15, 0.2) is 0 Å². The van der Waals surface area contributed by atoms with Gasteiger partial charge < -0.3 is 15.5 Å². The minimum absolute atomic E-state index is 0.0457. The fraction of sp³-hybridized carbons (Fsp3) is 0.462. The Bertz CT molecular complexity index is 392. The Morgan fingerprint density at radius 2 is 1.89 bits per heavy atom. The van der Waals surface area contributed by atoms with Gasteiger partial charge in [0, 0.05) is 6.04 Å². The smallest absolute Gasteiger partial charge is 0.317 e. The molecule has 0 heterocycles. The van der Waals surface area contributed by atoms with E-state index in [4.69, 9.17) is 5.11 Å². The largest absolute Gasteiger partial charge is 0.480 e. The number of benzene rings is 1. The number of hydrogen-bond donors (Lipinski definition) is 3. The lowest BCUT2D eigenvalue weighted by molar-refractivity contribution is -0.136. The average molecular weight is 255 g/mol. The lowest BCUT2D eigenvalue weighted by Gasteiger charge is -2.27. The highest BCUT2D eigenvalue weighted by molar-refractivity contribution is 5.69. The molecule has 1 aromatic rings. The van der Waals surface area contributed by atoms with Gasteiger partial charge in [-0.05, 0) is 23.6 Å². The summed E-state index contributed by atoms with van der Waals surface area (Å²) in [6.07, 6.45) is -0.870. The first-order valence-corrected chi connectivity index (χ1v) is 5.80. The second-order valence-electron chi connectivity index (χ2n) is 4.54. The van der Waals surface area contributed by atoms with Gasteiger partial charge in [-0.1, -0.05) is 26.0 Å². The van der Waals surface area contributed by atoms with Crippen LogP contribution in [-0.2, 0) is 4.79 Å². The van der Waals surface area contributed by atoms with E-state index >= 15 is 0 Å². The molecule has 100 valence electrons. The highest BCUT2D eigenvalue weighted by Crippen LogP contribution is 2.22. The van der Waals surface area contributed by atoms with Gasteiger partial charge in [0.1, 0.15) is 5.82 Å². The summed E-state index contributed by atoms with van der Waals surface area (Å²) in [6.45, 7) is 3.54. The van der Waals surface area contributed by atoms with E-state index in [-0.39, 0.29) is 18.3 Å². The summed E-state index contributed by atoms with van der Waals surface area (Å²) in [6, 6.07) is 5.14. The van der Waals surface area contributed by atoms with Crippen LogP contribution in [0.25, 0.3) is 0 Å². The normalized spacial score (nSPS) is 14.5. The van der Waals surface area contributed by atoms with Crippen molar-refractivity contribution in [3.05, 3.63) is 35.6 Å². The van der Waals surface area contributed by atoms with Crippen LogP contribution in [0.3, 0.4) is 0 Å². The molecule has 0 aliphatic carbocycles. The van der Waals surface area contributed by atoms with E-state index in [0.717, 1.165) is 0 Å². The average Bonchev–Trinajstić information content (AvgIpc) is 2.29. The van der Waals surface area contributed by atoms with E-state index < -0.39 is 18.1 Å². The van der Waals surface area contributed by atoms with E-state index in [1.165, 1.54) is 24.3 Å². The molecule has 0 bridgehead atoms. The number of carbonyl (C=O) groups is 1. The third kappa shape index (κ3) is 4.09. The molecule has 0 spiro atoms. The number of halogens is 1. The first-order chi connectivity index (χ1) is 8.41. The summed E-state index contributed by atoms with van der Waals surface area (Å²) in [5, 5.41) is 21.6. The minimum atomic E-state index is -0.980. The molecule has 0 saturated heterocycles. The fourth-order valence-corrected chi connectivity index (χ4v) is 1.78. The monoisotopic (exact) mass is 255 g/mol. The number of rotatable bonds is 6. The number of aliphatic carboxylic acids is 1. The number of aliphatic hydroxyl groups is 1. The molecular weight excluding hydrogens is 237 g/mol. The van der Waals surface area contributed by atoms with E-state index in [0.29, 0.717) is 5.56 Å². The molecule has 0 aliphatic heterocycles. The van der Waals surface area contributed by atoms with Crippen molar-refractivity contribution in [3.8, 4) is 0 Å². The quantitative estimate of drug-likeness (QED) is 0.721. The van der Waals surface area contributed by atoms with Gasteiger partial charge in [-0.2, -0.15) is 0 Å². The molecule has 2 unspecified atom stereocenters. The molecule has 0 fully saturated rings. The predicted molar refractivity (Wildman–Crippen MR) is 65.6 cm³/mol. The Labute approximate surface area is 105 Å². The SMILES string of the molecule is CC(C)C(NCC(=O)O)C(O)c1ccc(F)cc1. The van der Waals surface area contributed by atoms with Gasteiger partial charge in [0.2, 0.25) is 0 Å². The van der Waals surface area contributed by atoms with Crippen molar-refractivity contribution in [3.63, 3.8) is 0 Å². The molecule has 2 atom stereocenters. The van der Waals surface area contributed by atoms with Crippen LogP contribution in [0.15, 0.2) is 24.3 Å². The molecule has 4 nitrogen and oxygen atoms in total. The number of aliphatic hydroxyl groups excluding tert-OH is 1. The Morgan fingerprint density at radius 1 is 1.33 bits per heavy atom. The molecule has 0 aliphatic rings. The molecule has 1 rings (SSSR count). The van der Waals surface area contributed by atoms with E-state index in [1.54, 1.807) is 0 Å². The van der Waals surface area contributed by atoms with Crippen LogP contribution in [0.5, 0.6) is 0 Å². The standard InChI is InChI=1S/C13H18FNO3/c1-8(2)12(15-7-11(16)17)13(18)9-3-5-10(14)6-4-9/h3-6,8,12-13,15,18H,7H2,1-2H3,(H,16,17). The third-order valence-corrected chi connectivity index (χ3v) is 2.76. The summed E-state index contributed by atoms with van der Waals surface area (Å²) < 4.78 is 12.8. The van der Waals surface area contributed by atoms with Crippen LogP contribution < -0.4 is 5.32 Å². The maximum atomic E-state index is 12.8. The topological polar surface area (TPSA) is 69.6 Å². The number of carboxylic acid groups (broad SMARTS) is 1. The van der Waals surface area contributed by atoms with Crippen molar-refractivity contribution < 1.29 is 19.4 Å². The zero-order chi connectivity index (χ0) is 13.7. The third-order valence-electron chi connectivity index (χ3n) is 2.76. The van der Waals surface area contributed by atoms with Crippen molar-refractivity contribution in [2.24, 2.45) is 5.92 Å². The lowest BCUT2D eigenvalue weighted by Crippen LogP contribution is -2.41. The van der Waals surface area contributed by atoms with Crippen LogP contribution in [-0.4, -0.2) is 28.8 Å². The van der Waals surface area contributed by atoms with Crippen molar-refractivity contribution in [1.82, 2.24) is 5.32 Å². The Hall–Kier alpha value is -1.46. The van der Waals surface area contributed by atoms with Gasteiger partial charge in [-0.3, -0.25) is 4.79 Å².